The fourth-order valence-electron chi connectivity index (χ4n) is 2.80. The zero-order valence-electron chi connectivity index (χ0n) is 12.3. The molecule has 0 radical (unpaired) electrons. The molecule has 2 atom stereocenters. The van der Waals surface area contributed by atoms with Gasteiger partial charge in [0.15, 0.2) is 0 Å². The van der Waals surface area contributed by atoms with E-state index in [1.807, 2.05) is 49.5 Å². The average molecular weight is 283 g/mol. The van der Waals surface area contributed by atoms with E-state index in [-0.39, 0.29) is 12.1 Å². The number of rotatable bonds is 5. The molecular weight excluding hydrogens is 262 g/mol. The van der Waals surface area contributed by atoms with Gasteiger partial charge in [-0.15, -0.1) is 0 Å². The molecule has 3 heteroatoms. The molecule has 21 heavy (non-hydrogen) atoms. The van der Waals surface area contributed by atoms with Crippen LogP contribution in [0.1, 0.15) is 24.4 Å². The number of nitrogens with one attached hydrogen (secondary N) is 1. The average Bonchev–Trinajstić information content (AvgIpc) is 3.05. The van der Waals surface area contributed by atoms with E-state index in [0.717, 1.165) is 30.9 Å². The Kier molecular flexibility index (Phi) is 4.53. The summed E-state index contributed by atoms with van der Waals surface area (Å²) >= 11 is 0. The van der Waals surface area contributed by atoms with Crippen LogP contribution in [0, 0.1) is 0 Å². The van der Waals surface area contributed by atoms with E-state index in [0.29, 0.717) is 0 Å². The van der Waals surface area contributed by atoms with Crippen LogP contribution in [-0.2, 0) is 4.74 Å². The molecule has 2 aromatic rings. The maximum atomic E-state index is 5.82. The summed E-state index contributed by atoms with van der Waals surface area (Å²) in [6.07, 6.45) is 2.54. The number of hydrogen-bond acceptors (Lipinski definition) is 3. The molecule has 3 rings (SSSR count). The Morgan fingerprint density at radius 2 is 1.76 bits per heavy atom. The van der Waals surface area contributed by atoms with Gasteiger partial charge in [-0.05, 0) is 49.7 Å². The third-order valence-electron chi connectivity index (χ3n) is 3.87. The number of ether oxygens (including phenoxy) is 2. The van der Waals surface area contributed by atoms with Crippen molar-refractivity contribution in [1.82, 2.24) is 5.32 Å². The van der Waals surface area contributed by atoms with Crippen LogP contribution in [0.5, 0.6) is 11.5 Å². The van der Waals surface area contributed by atoms with Crippen LogP contribution in [0.3, 0.4) is 0 Å². The standard InChI is InChI=1S/C18H21NO2/c1-19-18(17-8-5-13-20-17)14-9-11-16(12-10-14)21-15-6-3-2-4-7-15/h2-4,6-7,9-12,17-19H,5,8,13H2,1H3. The minimum absolute atomic E-state index is 0.248. The van der Waals surface area contributed by atoms with Gasteiger partial charge in [-0.1, -0.05) is 30.3 Å². The van der Waals surface area contributed by atoms with E-state index in [1.54, 1.807) is 0 Å². The van der Waals surface area contributed by atoms with Crippen LogP contribution in [0.4, 0.5) is 0 Å². The molecule has 3 nitrogen and oxygen atoms in total. The molecule has 110 valence electrons. The van der Waals surface area contributed by atoms with Gasteiger partial charge in [0.25, 0.3) is 0 Å². The highest BCUT2D eigenvalue weighted by atomic mass is 16.5. The van der Waals surface area contributed by atoms with Gasteiger partial charge in [0, 0.05) is 6.61 Å². The molecule has 2 unspecified atom stereocenters. The van der Waals surface area contributed by atoms with Gasteiger partial charge >= 0.3 is 0 Å². The second kappa shape index (κ2) is 6.74. The van der Waals surface area contributed by atoms with Crippen molar-refractivity contribution < 1.29 is 9.47 Å². The highest BCUT2D eigenvalue weighted by Gasteiger charge is 2.25. The van der Waals surface area contributed by atoms with Gasteiger partial charge in [0.1, 0.15) is 11.5 Å². The van der Waals surface area contributed by atoms with Crippen LogP contribution in [0.2, 0.25) is 0 Å². The molecule has 1 heterocycles. The van der Waals surface area contributed by atoms with E-state index in [1.165, 1.54) is 5.56 Å². The van der Waals surface area contributed by atoms with Crippen LogP contribution >= 0.6 is 0 Å². The van der Waals surface area contributed by atoms with Gasteiger partial charge < -0.3 is 14.8 Å². The summed E-state index contributed by atoms with van der Waals surface area (Å²) < 4.78 is 11.6. The zero-order valence-corrected chi connectivity index (χ0v) is 12.3. The lowest BCUT2D eigenvalue weighted by Crippen LogP contribution is -2.28. The Balaban J connectivity index is 1.71. The first-order valence-electron chi connectivity index (χ1n) is 7.48. The van der Waals surface area contributed by atoms with E-state index in [2.05, 4.69) is 17.4 Å². The second-order valence-corrected chi connectivity index (χ2v) is 5.30. The minimum atomic E-state index is 0.248. The molecule has 0 aromatic heterocycles. The maximum Gasteiger partial charge on any atom is 0.127 e. The van der Waals surface area contributed by atoms with Crippen molar-refractivity contribution >= 4 is 0 Å². The zero-order chi connectivity index (χ0) is 14.5. The van der Waals surface area contributed by atoms with Crippen LogP contribution in [-0.4, -0.2) is 19.8 Å². The fourth-order valence-corrected chi connectivity index (χ4v) is 2.80. The Morgan fingerprint density at radius 3 is 2.38 bits per heavy atom. The van der Waals surface area contributed by atoms with E-state index in [4.69, 9.17) is 9.47 Å². The summed E-state index contributed by atoms with van der Waals surface area (Å²) in [5, 5.41) is 3.36. The fraction of sp³-hybridized carbons (Fsp3) is 0.333. The molecule has 1 fully saturated rings. The Hall–Kier alpha value is -1.84. The number of likely N-dealkylation sites (N-methyl/N-ethyl adjacent to an activating group) is 1. The topological polar surface area (TPSA) is 30.5 Å². The lowest BCUT2D eigenvalue weighted by molar-refractivity contribution is 0.0807. The number of para-hydroxylation sites is 1. The third kappa shape index (κ3) is 3.43. The van der Waals surface area contributed by atoms with E-state index in [9.17, 15) is 0 Å². The molecule has 0 spiro atoms. The summed E-state index contributed by atoms with van der Waals surface area (Å²) in [4.78, 5) is 0. The first kappa shape index (κ1) is 14.1. The number of hydrogen-bond donors (Lipinski definition) is 1. The molecule has 0 bridgehead atoms. The Bertz CT molecular complexity index is 547. The first-order valence-corrected chi connectivity index (χ1v) is 7.48. The summed E-state index contributed by atoms with van der Waals surface area (Å²) in [5.74, 6) is 1.71. The van der Waals surface area contributed by atoms with Gasteiger partial charge in [0.2, 0.25) is 0 Å². The SMILES string of the molecule is CNC(c1ccc(Oc2ccccc2)cc1)C1CCCO1. The summed E-state index contributed by atoms with van der Waals surface area (Å²) in [6, 6.07) is 18.3. The quantitative estimate of drug-likeness (QED) is 0.902. The molecule has 2 aromatic carbocycles. The van der Waals surface area contributed by atoms with Crippen LogP contribution in [0.15, 0.2) is 54.6 Å². The lowest BCUT2D eigenvalue weighted by Gasteiger charge is -2.23. The first-order chi connectivity index (χ1) is 10.4. The highest BCUT2D eigenvalue weighted by Crippen LogP contribution is 2.29. The predicted octanol–water partition coefficient (Wildman–Crippen LogP) is 3.92. The van der Waals surface area contributed by atoms with Crippen molar-refractivity contribution in [2.45, 2.75) is 25.0 Å². The lowest BCUT2D eigenvalue weighted by atomic mass is 9.99. The Morgan fingerprint density at radius 1 is 1.05 bits per heavy atom. The van der Waals surface area contributed by atoms with Crippen molar-refractivity contribution in [1.29, 1.82) is 0 Å². The largest absolute Gasteiger partial charge is 0.457 e. The molecule has 1 aliphatic heterocycles. The maximum absolute atomic E-state index is 5.82. The highest BCUT2D eigenvalue weighted by molar-refractivity contribution is 5.34. The van der Waals surface area contributed by atoms with Gasteiger partial charge in [-0.25, -0.2) is 0 Å². The summed E-state index contributed by atoms with van der Waals surface area (Å²) in [7, 11) is 1.99. The van der Waals surface area contributed by atoms with Gasteiger partial charge in [-0.3, -0.25) is 0 Å². The number of benzene rings is 2. The van der Waals surface area contributed by atoms with Gasteiger partial charge in [-0.2, -0.15) is 0 Å². The molecule has 0 aliphatic carbocycles. The van der Waals surface area contributed by atoms with Crippen molar-refractivity contribution in [2.24, 2.45) is 0 Å². The van der Waals surface area contributed by atoms with E-state index >= 15 is 0 Å². The molecule has 1 N–H and O–H groups in total. The van der Waals surface area contributed by atoms with Crippen LogP contribution in [0.25, 0.3) is 0 Å². The van der Waals surface area contributed by atoms with Crippen molar-refractivity contribution in [3.8, 4) is 11.5 Å². The van der Waals surface area contributed by atoms with Crippen molar-refractivity contribution in [3.63, 3.8) is 0 Å². The second-order valence-electron chi connectivity index (χ2n) is 5.30. The smallest absolute Gasteiger partial charge is 0.127 e. The van der Waals surface area contributed by atoms with Crippen LogP contribution < -0.4 is 10.1 Å². The molecule has 1 aliphatic rings. The van der Waals surface area contributed by atoms with E-state index < -0.39 is 0 Å². The summed E-state index contributed by atoms with van der Waals surface area (Å²) in [6.45, 7) is 0.873. The predicted molar refractivity (Wildman–Crippen MR) is 83.7 cm³/mol. The molecular formula is C18H21NO2. The van der Waals surface area contributed by atoms with Gasteiger partial charge in [0.05, 0.1) is 12.1 Å². The monoisotopic (exact) mass is 283 g/mol. The normalized spacial score (nSPS) is 19.4. The molecule has 0 saturated carbocycles. The summed E-state index contributed by atoms with van der Waals surface area (Å²) in [5.41, 5.74) is 1.24. The Labute approximate surface area is 125 Å². The van der Waals surface area contributed by atoms with Crippen molar-refractivity contribution in [2.75, 3.05) is 13.7 Å². The molecule has 0 amide bonds. The van der Waals surface area contributed by atoms with Crippen molar-refractivity contribution in [3.05, 3.63) is 60.2 Å². The minimum Gasteiger partial charge on any atom is -0.457 e. The third-order valence-corrected chi connectivity index (χ3v) is 3.87. The molecule has 1 saturated heterocycles.